The smallest absolute Gasteiger partial charge is 0.134 e. The average Bonchev–Trinajstić information content (AvgIpc) is 2.13. The fourth-order valence-corrected chi connectivity index (χ4v) is 1.37. The Morgan fingerprint density at radius 2 is 2.00 bits per heavy atom. The van der Waals surface area contributed by atoms with E-state index in [-0.39, 0.29) is 5.41 Å². The van der Waals surface area contributed by atoms with E-state index in [9.17, 15) is 0 Å². The van der Waals surface area contributed by atoms with Crippen molar-refractivity contribution < 1.29 is 0 Å². The molecule has 0 aliphatic heterocycles. The van der Waals surface area contributed by atoms with Gasteiger partial charge in [0.1, 0.15) is 16.8 Å². The maximum Gasteiger partial charge on any atom is 0.134 e. The third-order valence-electron chi connectivity index (χ3n) is 3.09. The van der Waals surface area contributed by atoms with Crippen molar-refractivity contribution in [2.45, 2.75) is 34.6 Å². The zero-order valence-electron chi connectivity index (χ0n) is 10.6. The first kappa shape index (κ1) is 13.2. The number of aromatic nitrogens is 2. The normalized spacial score (nSPS) is 11.9. The zero-order chi connectivity index (χ0) is 12.3. The second-order valence-electron chi connectivity index (χ2n) is 5.12. The van der Waals surface area contributed by atoms with E-state index >= 15 is 0 Å². The van der Waals surface area contributed by atoms with Crippen molar-refractivity contribution in [2.75, 3.05) is 11.9 Å². The maximum atomic E-state index is 5.87. The van der Waals surface area contributed by atoms with Crippen molar-refractivity contribution in [3.63, 3.8) is 0 Å². The molecule has 0 aliphatic rings. The van der Waals surface area contributed by atoms with Crippen LogP contribution in [0.3, 0.4) is 0 Å². The van der Waals surface area contributed by atoms with Crippen LogP contribution in [0.2, 0.25) is 5.15 Å². The van der Waals surface area contributed by atoms with Gasteiger partial charge in [-0.1, -0.05) is 39.3 Å². The molecule has 1 aromatic heterocycles. The van der Waals surface area contributed by atoms with Crippen LogP contribution in [0.25, 0.3) is 0 Å². The Morgan fingerprint density at radius 1 is 1.38 bits per heavy atom. The lowest BCUT2D eigenvalue weighted by molar-refractivity contribution is 0.269. The van der Waals surface area contributed by atoms with Crippen LogP contribution in [0.15, 0.2) is 6.07 Å². The van der Waals surface area contributed by atoms with Gasteiger partial charge < -0.3 is 5.32 Å². The van der Waals surface area contributed by atoms with Crippen molar-refractivity contribution in [3.8, 4) is 0 Å². The van der Waals surface area contributed by atoms with E-state index in [1.54, 1.807) is 6.07 Å². The molecule has 0 saturated carbocycles. The number of nitrogens with zero attached hydrogens (tertiary/aromatic N) is 2. The van der Waals surface area contributed by atoms with Crippen molar-refractivity contribution in [2.24, 2.45) is 11.3 Å². The van der Waals surface area contributed by atoms with Crippen LogP contribution < -0.4 is 5.32 Å². The maximum absolute atomic E-state index is 5.87. The second kappa shape index (κ2) is 5.00. The molecule has 0 unspecified atom stereocenters. The minimum atomic E-state index is 0.228. The summed E-state index contributed by atoms with van der Waals surface area (Å²) in [6, 6.07) is 1.75. The summed E-state index contributed by atoms with van der Waals surface area (Å²) in [6.45, 7) is 11.6. The van der Waals surface area contributed by atoms with Crippen LogP contribution >= 0.6 is 11.6 Å². The van der Waals surface area contributed by atoms with E-state index in [2.05, 4.69) is 43.0 Å². The van der Waals surface area contributed by atoms with E-state index in [0.29, 0.717) is 16.9 Å². The minimum absolute atomic E-state index is 0.228. The Labute approximate surface area is 103 Å². The molecule has 0 fully saturated rings. The third kappa shape index (κ3) is 3.63. The molecule has 0 bridgehead atoms. The molecular formula is C12H20ClN3. The number of anilines is 1. The van der Waals surface area contributed by atoms with Crippen LogP contribution in [0.4, 0.5) is 5.82 Å². The first-order valence-electron chi connectivity index (χ1n) is 5.56. The van der Waals surface area contributed by atoms with E-state index < -0.39 is 0 Å². The number of hydrogen-bond acceptors (Lipinski definition) is 3. The quantitative estimate of drug-likeness (QED) is 0.820. The molecule has 0 atom stereocenters. The third-order valence-corrected chi connectivity index (χ3v) is 3.29. The van der Waals surface area contributed by atoms with Gasteiger partial charge in [-0.05, 0) is 18.3 Å². The molecule has 0 amide bonds. The van der Waals surface area contributed by atoms with Gasteiger partial charge in [-0.25, -0.2) is 9.97 Å². The van der Waals surface area contributed by atoms with Gasteiger partial charge in [0.15, 0.2) is 0 Å². The largest absolute Gasteiger partial charge is 0.369 e. The lowest BCUT2D eigenvalue weighted by atomic mass is 9.81. The summed E-state index contributed by atoms with van der Waals surface area (Å²) in [4.78, 5) is 8.32. The van der Waals surface area contributed by atoms with Gasteiger partial charge in [-0.3, -0.25) is 0 Å². The summed E-state index contributed by atoms with van der Waals surface area (Å²) in [5.41, 5.74) is 0.228. The molecule has 16 heavy (non-hydrogen) atoms. The summed E-state index contributed by atoms with van der Waals surface area (Å²) in [7, 11) is 0. The fraction of sp³-hybridized carbons (Fsp3) is 0.667. The summed E-state index contributed by atoms with van der Waals surface area (Å²) in [5.74, 6) is 2.10. The predicted octanol–water partition coefficient (Wildman–Crippen LogP) is 3.53. The van der Waals surface area contributed by atoms with Crippen molar-refractivity contribution in [1.82, 2.24) is 9.97 Å². The van der Waals surface area contributed by atoms with Gasteiger partial charge in [0.05, 0.1) is 0 Å². The Kier molecular flexibility index (Phi) is 4.14. The molecule has 3 nitrogen and oxygen atoms in total. The molecule has 4 heteroatoms. The summed E-state index contributed by atoms with van der Waals surface area (Å²) in [6.07, 6.45) is 0. The number of rotatable bonds is 4. The second-order valence-corrected chi connectivity index (χ2v) is 5.51. The number of hydrogen-bond donors (Lipinski definition) is 1. The highest BCUT2D eigenvalue weighted by molar-refractivity contribution is 6.29. The number of nitrogens with one attached hydrogen (secondary N) is 1. The number of halogens is 1. The lowest BCUT2D eigenvalue weighted by Gasteiger charge is -2.29. The Bertz CT molecular complexity index is 341. The van der Waals surface area contributed by atoms with Gasteiger partial charge >= 0.3 is 0 Å². The minimum Gasteiger partial charge on any atom is -0.369 e. The van der Waals surface area contributed by atoms with Gasteiger partial charge in [0.2, 0.25) is 0 Å². The van der Waals surface area contributed by atoms with Crippen molar-refractivity contribution in [1.29, 1.82) is 0 Å². The van der Waals surface area contributed by atoms with Crippen LogP contribution in [0.1, 0.15) is 33.5 Å². The summed E-state index contributed by atoms with van der Waals surface area (Å²) < 4.78 is 0. The molecule has 1 N–H and O–H groups in total. The highest BCUT2D eigenvalue weighted by Crippen LogP contribution is 2.26. The van der Waals surface area contributed by atoms with E-state index in [4.69, 9.17) is 11.6 Å². The summed E-state index contributed by atoms with van der Waals surface area (Å²) in [5, 5.41) is 3.80. The molecular weight excluding hydrogens is 222 g/mol. The Hall–Kier alpha value is -0.830. The van der Waals surface area contributed by atoms with Crippen LogP contribution in [0.5, 0.6) is 0 Å². The van der Waals surface area contributed by atoms with Crippen molar-refractivity contribution >= 4 is 17.4 Å². The van der Waals surface area contributed by atoms with Gasteiger partial charge in [-0.15, -0.1) is 0 Å². The number of aryl methyl sites for hydroxylation is 1. The molecule has 0 radical (unpaired) electrons. The van der Waals surface area contributed by atoms with Crippen LogP contribution in [-0.2, 0) is 0 Å². The monoisotopic (exact) mass is 241 g/mol. The highest BCUT2D eigenvalue weighted by atomic mass is 35.5. The van der Waals surface area contributed by atoms with E-state index in [1.807, 2.05) is 6.92 Å². The Morgan fingerprint density at radius 3 is 2.50 bits per heavy atom. The SMILES string of the molecule is Cc1nc(Cl)cc(NCC(C)(C)C(C)C)n1. The average molecular weight is 242 g/mol. The van der Waals surface area contributed by atoms with Crippen molar-refractivity contribution in [3.05, 3.63) is 17.0 Å². The molecule has 1 aromatic rings. The molecule has 0 spiro atoms. The molecule has 90 valence electrons. The first-order chi connectivity index (χ1) is 7.31. The summed E-state index contributed by atoms with van der Waals surface area (Å²) >= 11 is 5.87. The standard InChI is InChI=1S/C12H20ClN3/c1-8(2)12(4,5)7-14-11-6-10(13)15-9(3)16-11/h6,8H,7H2,1-5H3,(H,14,15,16). The predicted molar refractivity (Wildman–Crippen MR) is 68.9 cm³/mol. The topological polar surface area (TPSA) is 37.8 Å². The van der Waals surface area contributed by atoms with Gasteiger partial charge in [0, 0.05) is 12.6 Å². The highest BCUT2D eigenvalue weighted by Gasteiger charge is 2.22. The van der Waals surface area contributed by atoms with Gasteiger partial charge in [0.25, 0.3) is 0 Å². The fourth-order valence-electron chi connectivity index (χ4n) is 1.14. The molecule has 1 heterocycles. The van der Waals surface area contributed by atoms with Gasteiger partial charge in [-0.2, -0.15) is 0 Å². The molecule has 0 aromatic carbocycles. The van der Waals surface area contributed by atoms with Crippen LogP contribution in [0, 0.1) is 18.3 Å². The molecule has 0 saturated heterocycles. The molecule has 0 aliphatic carbocycles. The lowest BCUT2D eigenvalue weighted by Crippen LogP contribution is -2.28. The van der Waals surface area contributed by atoms with E-state index in [1.165, 1.54) is 0 Å². The zero-order valence-corrected chi connectivity index (χ0v) is 11.4. The first-order valence-corrected chi connectivity index (χ1v) is 5.94. The van der Waals surface area contributed by atoms with E-state index in [0.717, 1.165) is 12.4 Å². The molecule has 1 rings (SSSR count). The van der Waals surface area contributed by atoms with Crippen LogP contribution in [-0.4, -0.2) is 16.5 Å². The Balaban J connectivity index is 2.68.